The Morgan fingerprint density at radius 1 is 0.821 bits per heavy atom. The Kier molecular flexibility index (Phi) is 7.18. The van der Waals surface area contributed by atoms with Crippen LogP contribution in [0.5, 0.6) is 0 Å². The monoisotopic (exact) mass is 558 g/mol. The first-order chi connectivity index (χ1) is 18.7. The number of nitrogens with zero attached hydrogens (tertiary/aromatic N) is 1. The number of urea groups is 1. The molecule has 4 atom stereocenters. The number of amides is 2. The number of nitrogens with one attached hydrogen (secondary N) is 1. The lowest BCUT2D eigenvalue weighted by Gasteiger charge is -2.37. The van der Waals surface area contributed by atoms with Crippen molar-refractivity contribution in [3.8, 4) is 0 Å². The van der Waals surface area contributed by atoms with Gasteiger partial charge in [0, 0.05) is 26.9 Å². The number of thiophene rings is 2. The lowest BCUT2D eigenvalue weighted by molar-refractivity contribution is -0.148. The third-order valence-electron chi connectivity index (χ3n) is 7.83. The maximum absolute atomic E-state index is 14.6. The molecule has 0 aliphatic carbocycles. The maximum atomic E-state index is 14.6. The third-order valence-corrected chi connectivity index (χ3v) is 10.0. The van der Waals surface area contributed by atoms with Crippen LogP contribution in [0.4, 0.5) is 10.5 Å². The van der Waals surface area contributed by atoms with Crippen molar-refractivity contribution in [3.63, 3.8) is 0 Å². The van der Waals surface area contributed by atoms with Gasteiger partial charge < -0.3 is 10.4 Å². The molecule has 2 N–H and O–H groups in total. The van der Waals surface area contributed by atoms with Crippen LogP contribution in [0.3, 0.4) is 0 Å². The molecule has 2 aromatic carbocycles. The Labute approximate surface area is 235 Å². The van der Waals surface area contributed by atoms with E-state index in [1.165, 1.54) is 27.6 Å². The summed E-state index contributed by atoms with van der Waals surface area (Å²) in [6, 6.07) is 18.9. The van der Waals surface area contributed by atoms with Crippen LogP contribution in [-0.2, 0) is 4.79 Å². The molecular weight excluding hydrogens is 528 g/mol. The number of Topliss-reactive ketones (excluding diaryl/α,β-unsaturated/α-hetero) is 1. The molecule has 1 aliphatic rings. The number of ketones is 1. The standard InChI is InChI=1S/C31H30N2O4S2/c1-18-10-8-9-13-22(18)26(34)23-24(27-19(2)14-16-38-27)31(4,29(35)36)33(25(23)28-20(3)15-17-39-28)30(37)32-21-11-6-5-7-12-21/h5-17,23-25H,1-4H3,(H,32,37)(H,35,36). The molecule has 0 radical (unpaired) electrons. The second-order valence-electron chi connectivity index (χ2n) is 10.2. The quantitative estimate of drug-likeness (QED) is 0.241. The minimum absolute atomic E-state index is 0.161. The lowest BCUT2D eigenvalue weighted by Crippen LogP contribution is -2.55. The van der Waals surface area contributed by atoms with Crippen molar-refractivity contribution in [1.29, 1.82) is 0 Å². The van der Waals surface area contributed by atoms with Crippen molar-refractivity contribution in [3.05, 3.63) is 109 Å². The topological polar surface area (TPSA) is 86.7 Å². The van der Waals surface area contributed by atoms with Gasteiger partial charge in [-0.3, -0.25) is 9.69 Å². The Bertz CT molecular complexity index is 1540. The minimum atomic E-state index is -1.71. The first-order valence-corrected chi connectivity index (χ1v) is 14.5. The molecule has 39 heavy (non-hydrogen) atoms. The molecule has 5 rings (SSSR count). The zero-order valence-corrected chi connectivity index (χ0v) is 23.8. The highest BCUT2D eigenvalue weighted by Crippen LogP contribution is 2.59. The zero-order chi connectivity index (χ0) is 27.9. The van der Waals surface area contributed by atoms with Crippen LogP contribution in [-0.4, -0.2) is 33.3 Å². The van der Waals surface area contributed by atoms with Crippen molar-refractivity contribution in [2.45, 2.75) is 45.2 Å². The van der Waals surface area contributed by atoms with Gasteiger partial charge in [0.1, 0.15) is 5.54 Å². The fraction of sp³-hybridized carbons (Fsp3) is 0.258. The molecule has 0 spiro atoms. The Morgan fingerprint density at radius 3 is 1.97 bits per heavy atom. The molecule has 1 fully saturated rings. The van der Waals surface area contributed by atoms with E-state index in [1.807, 2.05) is 67.9 Å². The molecule has 8 heteroatoms. The van der Waals surface area contributed by atoms with Gasteiger partial charge in [0.25, 0.3) is 0 Å². The Balaban J connectivity index is 1.79. The van der Waals surface area contributed by atoms with Gasteiger partial charge in [0.05, 0.1) is 12.0 Å². The first kappa shape index (κ1) is 26.8. The van der Waals surface area contributed by atoms with Crippen molar-refractivity contribution in [2.24, 2.45) is 5.92 Å². The van der Waals surface area contributed by atoms with E-state index in [9.17, 15) is 19.5 Å². The zero-order valence-electron chi connectivity index (χ0n) is 22.2. The first-order valence-electron chi connectivity index (χ1n) is 12.7. The van der Waals surface area contributed by atoms with Crippen molar-refractivity contribution < 1.29 is 19.5 Å². The number of hydrogen-bond donors (Lipinski definition) is 2. The van der Waals surface area contributed by atoms with Crippen LogP contribution in [0.2, 0.25) is 0 Å². The number of aliphatic carboxylic acids is 1. The van der Waals surface area contributed by atoms with Gasteiger partial charge in [0.15, 0.2) is 5.78 Å². The number of carbonyl (C=O) groups is 3. The number of likely N-dealkylation sites (tertiary alicyclic amines) is 1. The van der Waals surface area contributed by atoms with Gasteiger partial charge >= 0.3 is 12.0 Å². The van der Waals surface area contributed by atoms with Crippen LogP contribution < -0.4 is 5.32 Å². The Hall–Kier alpha value is -3.75. The van der Waals surface area contributed by atoms with Gasteiger partial charge in [-0.25, -0.2) is 9.59 Å². The smallest absolute Gasteiger partial charge is 0.330 e. The predicted molar refractivity (Wildman–Crippen MR) is 156 cm³/mol. The molecule has 1 saturated heterocycles. The summed E-state index contributed by atoms with van der Waals surface area (Å²) in [6.07, 6.45) is 0. The molecule has 2 aromatic heterocycles. The summed E-state index contributed by atoms with van der Waals surface area (Å²) in [4.78, 5) is 45.2. The van der Waals surface area contributed by atoms with E-state index in [2.05, 4.69) is 5.32 Å². The van der Waals surface area contributed by atoms with Crippen LogP contribution in [0.1, 0.15) is 55.7 Å². The van der Waals surface area contributed by atoms with E-state index in [1.54, 1.807) is 37.3 Å². The largest absolute Gasteiger partial charge is 0.479 e. The second-order valence-corrected chi connectivity index (χ2v) is 12.1. The summed E-state index contributed by atoms with van der Waals surface area (Å²) in [5.74, 6) is -2.90. The van der Waals surface area contributed by atoms with E-state index >= 15 is 0 Å². The molecule has 200 valence electrons. The van der Waals surface area contributed by atoms with E-state index in [0.29, 0.717) is 11.3 Å². The number of benzene rings is 2. The van der Waals surface area contributed by atoms with Crippen molar-refractivity contribution in [2.75, 3.05) is 5.32 Å². The molecule has 3 heterocycles. The lowest BCUT2D eigenvalue weighted by atomic mass is 9.74. The number of carboxylic acid groups (broad SMARTS) is 1. The van der Waals surface area contributed by atoms with Gasteiger partial charge in [0.2, 0.25) is 0 Å². The summed E-state index contributed by atoms with van der Waals surface area (Å²) in [5.41, 5.74) is 2.02. The number of aryl methyl sites for hydroxylation is 3. The molecule has 0 saturated carbocycles. The van der Waals surface area contributed by atoms with Crippen LogP contribution >= 0.6 is 22.7 Å². The average Bonchev–Trinajstić information content (AvgIpc) is 3.60. The molecule has 2 amide bonds. The number of para-hydroxylation sites is 1. The van der Waals surface area contributed by atoms with E-state index < -0.39 is 35.4 Å². The fourth-order valence-electron chi connectivity index (χ4n) is 5.82. The number of carboxylic acids is 1. The summed E-state index contributed by atoms with van der Waals surface area (Å²) >= 11 is 2.89. The van der Waals surface area contributed by atoms with Crippen LogP contribution in [0.15, 0.2) is 77.5 Å². The average molecular weight is 559 g/mol. The highest BCUT2D eigenvalue weighted by atomic mass is 32.1. The Morgan fingerprint density at radius 2 is 1.41 bits per heavy atom. The molecule has 4 unspecified atom stereocenters. The number of hydrogen-bond acceptors (Lipinski definition) is 5. The third kappa shape index (κ3) is 4.47. The van der Waals surface area contributed by atoms with E-state index in [0.717, 1.165) is 26.4 Å². The van der Waals surface area contributed by atoms with Crippen LogP contribution in [0, 0.1) is 26.7 Å². The van der Waals surface area contributed by atoms with Gasteiger partial charge in [-0.2, -0.15) is 0 Å². The van der Waals surface area contributed by atoms with Gasteiger partial charge in [-0.05, 0) is 79.4 Å². The summed E-state index contributed by atoms with van der Waals surface area (Å²) in [5, 5.41) is 17.7. The SMILES string of the molecule is Cc1ccccc1C(=O)C1C(c2sccc2C)N(C(=O)Nc2ccccc2)C(C)(C(=O)O)C1c1sccc1C. The normalized spacial score (nSPS) is 22.6. The van der Waals surface area contributed by atoms with Crippen LogP contribution in [0.25, 0.3) is 0 Å². The van der Waals surface area contributed by atoms with Crippen molar-refractivity contribution in [1.82, 2.24) is 4.90 Å². The summed E-state index contributed by atoms with van der Waals surface area (Å²) < 4.78 is 0. The highest BCUT2D eigenvalue weighted by Gasteiger charge is 2.66. The molecular formula is C31H30N2O4S2. The minimum Gasteiger partial charge on any atom is -0.479 e. The molecule has 6 nitrogen and oxygen atoms in total. The summed E-state index contributed by atoms with van der Waals surface area (Å²) in [7, 11) is 0. The maximum Gasteiger partial charge on any atom is 0.330 e. The molecule has 1 aliphatic heterocycles. The molecule has 4 aromatic rings. The second kappa shape index (κ2) is 10.4. The summed E-state index contributed by atoms with van der Waals surface area (Å²) in [6.45, 7) is 7.35. The molecule has 0 bridgehead atoms. The van der Waals surface area contributed by atoms with Gasteiger partial charge in [-0.1, -0.05) is 42.5 Å². The van der Waals surface area contributed by atoms with E-state index in [-0.39, 0.29) is 5.78 Å². The fourth-order valence-corrected chi connectivity index (χ4v) is 8.08. The number of carbonyl (C=O) groups excluding carboxylic acids is 2. The predicted octanol–water partition coefficient (Wildman–Crippen LogP) is 7.45. The highest BCUT2D eigenvalue weighted by molar-refractivity contribution is 7.10. The number of anilines is 1. The number of rotatable bonds is 6. The van der Waals surface area contributed by atoms with Gasteiger partial charge in [-0.15, -0.1) is 22.7 Å². The van der Waals surface area contributed by atoms with Crippen molar-refractivity contribution >= 4 is 46.1 Å². The van der Waals surface area contributed by atoms with E-state index in [4.69, 9.17) is 0 Å².